The Kier molecular flexibility index (Phi) is 6.11. The SMILES string of the molecule is CC(C)(C)OC(=O)N[C@H](C(=O)NC(=N)c1ccccc1)c1ccccc1. The lowest BCUT2D eigenvalue weighted by atomic mass is 10.1. The Morgan fingerprint density at radius 3 is 2.04 bits per heavy atom. The van der Waals surface area contributed by atoms with E-state index < -0.39 is 23.6 Å². The predicted octanol–water partition coefficient (Wildman–Crippen LogP) is 3.39. The standard InChI is InChI=1S/C20H23N3O3/c1-20(2,3)26-19(25)22-16(14-10-6-4-7-11-14)18(24)23-17(21)15-12-8-5-9-13-15/h4-13,16H,1-3H3,(H,22,25)(H2,21,23,24)/t16-/m0/s1. The van der Waals surface area contributed by atoms with Crippen LogP contribution in [0.25, 0.3) is 0 Å². The maximum absolute atomic E-state index is 12.7. The first-order valence-electron chi connectivity index (χ1n) is 8.25. The first-order chi connectivity index (χ1) is 12.3. The molecule has 6 heteroatoms. The normalized spacial score (nSPS) is 12.0. The van der Waals surface area contributed by atoms with Crippen molar-refractivity contribution < 1.29 is 14.3 Å². The minimum Gasteiger partial charge on any atom is -0.444 e. The van der Waals surface area contributed by atoms with Crippen LogP contribution in [0.3, 0.4) is 0 Å². The third-order valence-electron chi connectivity index (χ3n) is 3.37. The monoisotopic (exact) mass is 353 g/mol. The van der Waals surface area contributed by atoms with Crippen molar-refractivity contribution in [3.05, 3.63) is 71.8 Å². The molecule has 0 radical (unpaired) electrons. The van der Waals surface area contributed by atoms with E-state index in [0.29, 0.717) is 11.1 Å². The van der Waals surface area contributed by atoms with Crippen molar-refractivity contribution in [1.82, 2.24) is 10.6 Å². The number of hydrogen-bond donors (Lipinski definition) is 3. The molecule has 0 heterocycles. The van der Waals surface area contributed by atoms with E-state index >= 15 is 0 Å². The molecular weight excluding hydrogens is 330 g/mol. The molecule has 26 heavy (non-hydrogen) atoms. The van der Waals surface area contributed by atoms with Crippen LogP contribution < -0.4 is 10.6 Å². The molecule has 0 spiro atoms. The lowest BCUT2D eigenvalue weighted by molar-refractivity contribution is -0.121. The Bertz CT molecular complexity index is 768. The van der Waals surface area contributed by atoms with Gasteiger partial charge >= 0.3 is 6.09 Å². The van der Waals surface area contributed by atoms with Crippen molar-refractivity contribution in [1.29, 1.82) is 5.41 Å². The van der Waals surface area contributed by atoms with Gasteiger partial charge in [0.2, 0.25) is 0 Å². The maximum Gasteiger partial charge on any atom is 0.408 e. The minimum atomic E-state index is -0.977. The van der Waals surface area contributed by atoms with Crippen LogP contribution in [0.15, 0.2) is 60.7 Å². The van der Waals surface area contributed by atoms with E-state index in [4.69, 9.17) is 10.1 Å². The summed E-state index contributed by atoms with van der Waals surface area (Å²) in [7, 11) is 0. The molecule has 0 aliphatic rings. The summed E-state index contributed by atoms with van der Waals surface area (Å²) in [6.07, 6.45) is -0.701. The van der Waals surface area contributed by atoms with E-state index in [-0.39, 0.29) is 5.84 Å². The Hall–Kier alpha value is -3.15. The Morgan fingerprint density at radius 1 is 0.962 bits per heavy atom. The van der Waals surface area contributed by atoms with Crippen LogP contribution in [-0.4, -0.2) is 23.4 Å². The summed E-state index contributed by atoms with van der Waals surface area (Å²) >= 11 is 0. The molecule has 0 unspecified atom stereocenters. The zero-order valence-corrected chi connectivity index (χ0v) is 15.1. The van der Waals surface area contributed by atoms with Crippen LogP contribution in [0.1, 0.15) is 37.9 Å². The summed E-state index contributed by atoms with van der Waals surface area (Å²) in [5.41, 5.74) is 0.486. The summed E-state index contributed by atoms with van der Waals surface area (Å²) in [5, 5.41) is 13.2. The van der Waals surface area contributed by atoms with Gasteiger partial charge in [0.25, 0.3) is 5.91 Å². The Labute approximate surface area is 153 Å². The molecular formula is C20H23N3O3. The molecule has 2 aromatic rings. The van der Waals surface area contributed by atoms with Crippen LogP contribution in [0, 0.1) is 5.41 Å². The van der Waals surface area contributed by atoms with Crippen molar-refractivity contribution in [3.63, 3.8) is 0 Å². The van der Waals surface area contributed by atoms with Crippen molar-refractivity contribution >= 4 is 17.8 Å². The number of benzene rings is 2. The van der Waals surface area contributed by atoms with Gasteiger partial charge in [-0.2, -0.15) is 0 Å². The molecule has 2 amide bonds. The molecule has 3 N–H and O–H groups in total. The van der Waals surface area contributed by atoms with Gasteiger partial charge in [0.15, 0.2) is 0 Å². The molecule has 6 nitrogen and oxygen atoms in total. The van der Waals surface area contributed by atoms with E-state index in [1.165, 1.54) is 0 Å². The van der Waals surface area contributed by atoms with Crippen molar-refractivity contribution in [2.45, 2.75) is 32.4 Å². The second kappa shape index (κ2) is 8.29. The van der Waals surface area contributed by atoms with Gasteiger partial charge in [-0.25, -0.2) is 4.79 Å². The molecule has 0 aliphatic heterocycles. The van der Waals surface area contributed by atoms with Gasteiger partial charge in [-0.1, -0.05) is 60.7 Å². The fraction of sp³-hybridized carbons (Fsp3) is 0.250. The maximum atomic E-state index is 12.7. The van der Waals surface area contributed by atoms with E-state index in [0.717, 1.165) is 0 Å². The Balaban J connectivity index is 2.16. The van der Waals surface area contributed by atoms with Crippen LogP contribution >= 0.6 is 0 Å². The van der Waals surface area contributed by atoms with Crippen molar-refractivity contribution in [2.24, 2.45) is 0 Å². The molecule has 0 saturated carbocycles. The first-order valence-corrected chi connectivity index (χ1v) is 8.25. The number of carbonyl (C=O) groups is 2. The van der Waals surface area contributed by atoms with Crippen molar-refractivity contribution in [2.75, 3.05) is 0 Å². The fourth-order valence-corrected chi connectivity index (χ4v) is 2.24. The Morgan fingerprint density at radius 2 is 1.50 bits per heavy atom. The van der Waals surface area contributed by atoms with E-state index in [2.05, 4.69) is 10.6 Å². The highest BCUT2D eigenvalue weighted by molar-refractivity contribution is 6.08. The van der Waals surface area contributed by atoms with Crippen LogP contribution in [0.2, 0.25) is 0 Å². The third kappa shape index (κ3) is 5.73. The van der Waals surface area contributed by atoms with E-state index in [1.807, 2.05) is 12.1 Å². The molecule has 0 aliphatic carbocycles. The minimum absolute atomic E-state index is 0.0393. The van der Waals surface area contributed by atoms with Gasteiger partial charge in [0.1, 0.15) is 17.5 Å². The fourth-order valence-electron chi connectivity index (χ4n) is 2.24. The predicted molar refractivity (Wildman–Crippen MR) is 100.0 cm³/mol. The molecule has 2 rings (SSSR count). The summed E-state index contributed by atoms with van der Waals surface area (Å²) in [6.45, 7) is 5.24. The first kappa shape index (κ1) is 19.2. The summed E-state index contributed by atoms with van der Waals surface area (Å²) < 4.78 is 5.25. The zero-order valence-electron chi connectivity index (χ0n) is 15.1. The summed E-state index contributed by atoms with van der Waals surface area (Å²) in [5.74, 6) is -0.557. The average Bonchev–Trinajstić information content (AvgIpc) is 2.59. The molecule has 0 saturated heterocycles. The van der Waals surface area contributed by atoms with Gasteiger partial charge < -0.3 is 15.4 Å². The number of ether oxygens (including phenoxy) is 1. The van der Waals surface area contributed by atoms with Crippen molar-refractivity contribution in [3.8, 4) is 0 Å². The molecule has 1 atom stereocenters. The summed E-state index contributed by atoms with van der Waals surface area (Å²) in [4.78, 5) is 24.8. The number of hydrogen-bond acceptors (Lipinski definition) is 4. The summed E-state index contributed by atoms with van der Waals surface area (Å²) in [6, 6.07) is 16.7. The number of nitrogens with one attached hydrogen (secondary N) is 3. The van der Waals surface area contributed by atoms with Crippen LogP contribution in [0.5, 0.6) is 0 Å². The molecule has 0 fully saturated rings. The quantitative estimate of drug-likeness (QED) is 0.581. The van der Waals surface area contributed by atoms with Crippen LogP contribution in [0.4, 0.5) is 4.79 Å². The van der Waals surface area contributed by atoms with Gasteiger partial charge in [-0.15, -0.1) is 0 Å². The highest BCUT2D eigenvalue weighted by Crippen LogP contribution is 2.15. The average molecular weight is 353 g/mol. The largest absolute Gasteiger partial charge is 0.444 e. The second-order valence-electron chi connectivity index (χ2n) is 6.72. The van der Waals surface area contributed by atoms with Gasteiger partial charge in [0.05, 0.1) is 0 Å². The van der Waals surface area contributed by atoms with Gasteiger partial charge in [-0.3, -0.25) is 10.2 Å². The van der Waals surface area contributed by atoms with E-state index in [9.17, 15) is 9.59 Å². The van der Waals surface area contributed by atoms with Crippen LogP contribution in [-0.2, 0) is 9.53 Å². The number of rotatable bonds is 4. The molecule has 0 aromatic heterocycles. The smallest absolute Gasteiger partial charge is 0.408 e. The number of amides is 2. The molecule has 2 aromatic carbocycles. The number of amidine groups is 1. The second-order valence-corrected chi connectivity index (χ2v) is 6.72. The van der Waals surface area contributed by atoms with Gasteiger partial charge in [0, 0.05) is 5.56 Å². The third-order valence-corrected chi connectivity index (χ3v) is 3.37. The topological polar surface area (TPSA) is 91.3 Å². The highest BCUT2D eigenvalue weighted by Gasteiger charge is 2.26. The number of alkyl carbamates (subject to hydrolysis) is 1. The van der Waals surface area contributed by atoms with Gasteiger partial charge in [-0.05, 0) is 26.3 Å². The number of carbonyl (C=O) groups excluding carboxylic acids is 2. The lowest BCUT2D eigenvalue weighted by Crippen LogP contribution is -2.44. The molecule has 0 bridgehead atoms. The zero-order chi connectivity index (χ0) is 19.2. The lowest BCUT2D eigenvalue weighted by Gasteiger charge is -2.23. The highest BCUT2D eigenvalue weighted by atomic mass is 16.6. The van der Waals surface area contributed by atoms with E-state index in [1.54, 1.807) is 69.3 Å². The molecule has 136 valence electrons.